The molecule has 0 aromatic heterocycles. The van der Waals surface area contributed by atoms with Gasteiger partial charge < -0.3 is 10.8 Å². The van der Waals surface area contributed by atoms with Gasteiger partial charge in [0.15, 0.2) is 0 Å². The summed E-state index contributed by atoms with van der Waals surface area (Å²) < 4.78 is 0. The summed E-state index contributed by atoms with van der Waals surface area (Å²) in [7, 11) is 0. The molecule has 1 aromatic carbocycles. The van der Waals surface area contributed by atoms with Crippen LogP contribution in [0, 0.1) is 0 Å². The van der Waals surface area contributed by atoms with Crippen molar-refractivity contribution in [3.63, 3.8) is 0 Å². The van der Waals surface area contributed by atoms with Crippen molar-refractivity contribution in [3.05, 3.63) is 34.9 Å². The molecule has 1 aromatic rings. The zero-order chi connectivity index (χ0) is 15.2. The Hall–Kier alpha value is -0.610. The molecular formula is C17H27ClN2O. The highest BCUT2D eigenvalue weighted by Gasteiger charge is 2.34. The van der Waals surface area contributed by atoms with E-state index in [4.69, 9.17) is 22.4 Å². The van der Waals surface area contributed by atoms with E-state index >= 15 is 0 Å². The normalized spacial score (nSPS) is 22.4. The molecule has 3 atom stereocenters. The predicted octanol–water partition coefficient (Wildman–Crippen LogP) is 3.36. The van der Waals surface area contributed by atoms with Crippen LogP contribution >= 0.6 is 11.6 Å². The lowest BCUT2D eigenvalue weighted by Crippen LogP contribution is -2.43. The van der Waals surface area contributed by atoms with Crippen LogP contribution in [0.1, 0.15) is 50.6 Å². The van der Waals surface area contributed by atoms with E-state index in [-0.39, 0.29) is 18.7 Å². The molecule has 4 heteroatoms. The zero-order valence-electron chi connectivity index (χ0n) is 12.8. The van der Waals surface area contributed by atoms with Gasteiger partial charge in [-0.25, -0.2) is 0 Å². The highest BCUT2D eigenvalue weighted by Crippen LogP contribution is 2.34. The van der Waals surface area contributed by atoms with E-state index in [1.165, 1.54) is 18.4 Å². The summed E-state index contributed by atoms with van der Waals surface area (Å²) in [6.07, 6.45) is 5.27. The van der Waals surface area contributed by atoms with Crippen LogP contribution in [0.5, 0.6) is 0 Å². The van der Waals surface area contributed by atoms with Crippen LogP contribution in [0.25, 0.3) is 0 Å². The molecule has 0 amide bonds. The molecule has 0 spiro atoms. The molecule has 1 heterocycles. The minimum Gasteiger partial charge on any atom is -0.396 e. The molecule has 3 unspecified atom stereocenters. The summed E-state index contributed by atoms with van der Waals surface area (Å²) in [4.78, 5) is 2.54. The molecule has 0 saturated carbocycles. The summed E-state index contributed by atoms with van der Waals surface area (Å²) in [5.41, 5.74) is 7.65. The van der Waals surface area contributed by atoms with Crippen molar-refractivity contribution in [2.45, 2.75) is 57.2 Å². The molecule has 118 valence electrons. The molecule has 2 rings (SSSR count). The average Bonchev–Trinajstić information content (AvgIpc) is 2.93. The number of aliphatic hydroxyl groups is 1. The fourth-order valence-corrected chi connectivity index (χ4v) is 3.66. The van der Waals surface area contributed by atoms with Crippen molar-refractivity contribution in [1.82, 2.24) is 4.90 Å². The third-order valence-electron chi connectivity index (χ3n) is 4.54. The van der Waals surface area contributed by atoms with Gasteiger partial charge in [-0.05, 0) is 56.3 Å². The molecule has 0 bridgehead atoms. The summed E-state index contributed by atoms with van der Waals surface area (Å²) in [6.45, 7) is 3.49. The standard InChI is InChI=1S/C17H27ClN2O/c1-2-16(19)17(13-6-3-7-14(18)12-13)20-10-4-8-15(20)9-5-11-21/h3,6-7,12,15-17,21H,2,4-5,8-11,19H2,1H3. The first-order valence-electron chi connectivity index (χ1n) is 8.05. The molecule has 1 saturated heterocycles. The number of rotatable bonds is 7. The Morgan fingerprint density at radius 2 is 2.29 bits per heavy atom. The topological polar surface area (TPSA) is 49.5 Å². The molecular weight excluding hydrogens is 284 g/mol. The smallest absolute Gasteiger partial charge is 0.0502 e. The Balaban J connectivity index is 2.23. The predicted molar refractivity (Wildman–Crippen MR) is 88.5 cm³/mol. The Labute approximate surface area is 133 Å². The lowest BCUT2D eigenvalue weighted by Gasteiger charge is -2.37. The van der Waals surface area contributed by atoms with Crippen LogP contribution in [0.4, 0.5) is 0 Å². The van der Waals surface area contributed by atoms with Crippen LogP contribution in [0.15, 0.2) is 24.3 Å². The Kier molecular flexibility index (Phi) is 6.49. The van der Waals surface area contributed by atoms with Crippen LogP contribution in [-0.2, 0) is 0 Å². The SMILES string of the molecule is CCC(N)C(c1cccc(Cl)c1)N1CCCC1CCCO. The van der Waals surface area contributed by atoms with Crippen molar-refractivity contribution < 1.29 is 5.11 Å². The van der Waals surface area contributed by atoms with E-state index in [2.05, 4.69) is 17.9 Å². The fourth-order valence-electron chi connectivity index (χ4n) is 3.46. The maximum Gasteiger partial charge on any atom is 0.0502 e. The van der Waals surface area contributed by atoms with Gasteiger partial charge in [0.1, 0.15) is 0 Å². The highest BCUT2D eigenvalue weighted by molar-refractivity contribution is 6.30. The van der Waals surface area contributed by atoms with Crippen LogP contribution < -0.4 is 5.73 Å². The zero-order valence-corrected chi connectivity index (χ0v) is 13.6. The molecule has 0 radical (unpaired) electrons. The van der Waals surface area contributed by atoms with E-state index in [1.807, 2.05) is 18.2 Å². The molecule has 3 N–H and O–H groups in total. The second-order valence-corrected chi connectivity index (χ2v) is 6.41. The first-order valence-corrected chi connectivity index (χ1v) is 8.42. The summed E-state index contributed by atoms with van der Waals surface area (Å²) in [5, 5.41) is 9.87. The van der Waals surface area contributed by atoms with Gasteiger partial charge in [0.2, 0.25) is 0 Å². The van der Waals surface area contributed by atoms with E-state index < -0.39 is 0 Å². The van der Waals surface area contributed by atoms with Crippen molar-refractivity contribution in [1.29, 1.82) is 0 Å². The van der Waals surface area contributed by atoms with Gasteiger partial charge in [-0.2, -0.15) is 0 Å². The monoisotopic (exact) mass is 310 g/mol. The summed E-state index contributed by atoms with van der Waals surface area (Å²) in [6, 6.07) is 8.95. The van der Waals surface area contributed by atoms with Gasteiger partial charge in [0.25, 0.3) is 0 Å². The van der Waals surface area contributed by atoms with Crippen molar-refractivity contribution >= 4 is 11.6 Å². The maximum atomic E-state index is 9.10. The molecule has 0 aliphatic carbocycles. The number of hydrogen-bond donors (Lipinski definition) is 2. The van der Waals surface area contributed by atoms with Crippen molar-refractivity contribution in [2.24, 2.45) is 5.73 Å². The number of halogens is 1. The largest absolute Gasteiger partial charge is 0.396 e. The van der Waals surface area contributed by atoms with Gasteiger partial charge in [0.05, 0.1) is 6.04 Å². The van der Waals surface area contributed by atoms with Crippen LogP contribution in [0.2, 0.25) is 5.02 Å². The molecule has 1 fully saturated rings. The van der Waals surface area contributed by atoms with Gasteiger partial charge in [-0.1, -0.05) is 30.7 Å². The quantitative estimate of drug-likeness (QED) is 0.812. The molecule has 3 nitrogen and oxygen atoms in total. The van der Waals surface area contributed by atoms with Crippen molar-refractivity contribution in [3.8, 4) is 0 Å². The summed E-state index contributed by atoms with van der Waals surface area (Å²) >= 11 is 6.17. The summed E-state index contributed by atoms with van der Waals surface area (Å²) in [5.74, 6) is 0. The van der Waals surface area contributed by atoms with Gasteiger partial charge in [-0.15, -0.1) is 0 Å². The minimum absolute atomic E-state index is 0.109. The second-order valence-electron chi connectivity index (χ2n) is 5.97. The first-order chi connectivity index (χ1) is 10.2. The van der Waals surface area contributed by atoms with Crippen molar-refractivity contribution in [2.75, 3.05) is 13.2 Å². The number of aliphatic hydroxyl groups excluding tert-OH is 1. The lowest BCUT2D eigenvalue weighted by molar-refractivity contribution is 0.140. The number of benzene rings is 1. The fraction of sp³-hybridized carbons (Fsp3) is 0.647. The third kappa shape index (κ3) is 4.19. The minimum atomic E-state index is 0.109. The Morgan fingerprint density at radius 3 is 2.95 bits per heavy atom. The number of likely N-dealkylation sites (tertiary alicyclic amines) is 1. The molecule has 21 heavy (non-hydrogen) atoms. The highest BCUT2D eigenvalue weighted by atomic mass is 35.5. The average molecular weight is 311 g/mol. The van der Waals surface area contributed by atoms with Crippen LogP contribution in [-0.4, -0.2) is 35.2 Å². The van der Waals surface area contributed by atoms with Gasteiger partial charge in [0, 0.05) is 23.7 Å². The second kappa shape index (κ2) is 8.14. The van der Waals surface area contributed by atoms with E-state index in [9.17, 15) is 0 Å². The van der Waals surface area contributed by atoms with Crippen LogP contribution in [0.3, 0.4) is 0 Å². The number of nitrogens with two attached hydrogens (primary N) is 1. The lowest BCUT2D eigenvalue weighted by atomic mass is 9.95. The van der Waals surface area contributed by atoms with Gasteiger partial charge in [-0.3, -0.25) is 4.90 Å². The van der Waals surface area contributed by atoms with Gasteiger partial charge >= 0.3 is 0 Å². The maximum absolute atomic E-state index is 9.10. The molecule has 1 aliphatic rings. The Morgan fingerprint density at radius 1 is 1.48 bits per heavy atom. The number of hydrogen-bond acceptors (Lipinski definition) is 3. The first kappa shape index (κ1) is 16.8. The molecule has 1 aliphatic heterocycles. The number of nitrogens with zero attached hydrogens (tertiary/aromatic N) is 1. The van der Waals surface area contributed by atoms with E-state index in [0.717, 1.165) is 30.8 Å². The van der Waals surface area contributed by atoms with E-state index in [1.54, 1.807) is 0 Å². The third-order valence-corrected chi connectivity index (χ3v) is 4.78. The Bertz CT molecular complexity index is 441. The van der Waals surface area contributed by atoms with E-state index in [0.29, 0.717) is 6.04 Å².